The van der Waals surface area contributed by atoms with E-state index >= 15 is 0 Å². The number of sulfonamides is 1. The van der Waals surface area contributed by atoms with Crippen LogP contribution in [0, 0.1) is 0 Å². The fourth-order valence-corrected chi connectivity index (χ4v) is 6.01. The van der Waals surface area contributed by atoms with Gasteiger partial charge in [0.2, 0.25) is 10.0 Å². The van der Waals surface area contributed by atoms with Crippen LogP contribution in [-0.4, -0.2) is 50.8 Å². The molecule has 1 saturated heterocycles. The van der Waals surface area contributed by atoms with Gasteiger partial charge in [0.05, 0.1) is 4.90 Å². The summed E-state index contributed by atoms with van der Waals surface area (Å²) in [6, 6.07) is 30.1. The quantitative estimate of drug-likeness (QED) is 0.375. The first-order chi connectivity index (χ1) is 16.0. The summed E-state index contributed by atoms with van der Waals surface area (Å²) in [6.07, 6.45) is 3.15. The highest BCUT2D eigenvalue weighted by molar-refractivity contribution is 7.89. The van der Waals surface area contributed by atoms with Crippen molar-refractivity contribution in [2.75, 3.05) is 33.2 Å². The third-order valence-electron chi connectivity index (χ3n) is 6.85. The Bertz CT molecular complexity index is 1090. The van der Waals surface area contributed by atoms with E-state index < -0.39 is 10.0 Å². The normalized spacial score (nSPS) is 16.2. The van der Waals surface area contributed by atoms with E-state index in [0.717, 1.165) is 26.1 Å². The van der Waals surface area contributed by atoms with Gasteiger partial charge in [-0.1, -0.05) is 78.9 Å². The first-order valence-corrected chi connectivity index (χ1v) is 13.3. The lowest BCUT2D eigenvalue weighted by molar-refractivity contribution is 0.196. The van der Waals surface area contributed by atoms with Crippen molar-refractivity contribution in [3.63, 3.8) is 0 Å². The van der Waals surface area contributed by atoms with Crippen molar-refractivity contribution >= 4 is 22.4 Å². The van der Waals surface area contributed by atoms with E-state index in [9.17, 15) is 8.42 Å². The molecule has 182 valence electrons. The van der Waals surface area contributed by atoms with Gasteiger partial charge < -0.3 is 4.90 Å². The largest absolute Gasteiger partial charge is 0.303 e. The second-order valence-electron chi connectivity index (χ2n) is 9.02. The fraction of sp³-hybridized carbons (Fsp3) is 0.357. The van der Waals surface area contributed by atoms with Gasteiger partial charge in [0.15, 0.2) is 0 Å². The van der Waals surface area contributed by atoms with Gasteiger partial charge in [-0.15, -0.1) is 12.4 Å². The van der Waals surface area contributed by atoms with E-state index in [0.29, 0.717) is 23.3 Å². The standard InChI is InChI=1S/C28H34N2O2S.ClH/c1-29(33(31,32)28-15-9-4-10-16-28)20-17-27(25-13-7-3-8-14-25)23-30-21-18-26(19-22-30)24-11-5-2-6-12-24;/h2-16,26-27H,17-23H2,1H3;1H. The number of likely N-dealkylation sites (tertiary alicyclic amines) is 1. The number of halogens is 1. The second-order valence-corrected chi connectivity index (χ2v) is 11.1. The van der Waals surface area contributed by atoms with Crippen molar-refractivity contribution in [2.45, 2.75) is 36.0 Å². The minimum atomic E-state index is -3.47. The molecule has 34 heavy (non-hydrogen) atoms. The number of hydrogen-bond acceptors (Lipinski definition) is 3. The summed E-state index contributed by atoms with van der Waals surface area (Å²) in [5.74, 6) is 0.938. The first-order valence-electron chi connectivity index (χ1n) is 11.9. The van der Waals surface area contributed by atoms with Crippen molar-refractivity contribution in [2.24, 2.45) is 0 Å². The molecule has 0 spiro atoms. The van der Waals surface area contributed by atoms with Crippen LogP contribution < -0.4 is 0 Å². The second kappa shape index (κ2) is 12.5. The smallest absolute Gasteiger partial charge is 0.242 e. The molecule has 0 radical (unpaired) electrons. The van der Waals surface area contributed by atoms with Gasteiger partial charge in [0.1, 0.15) is 0 Å². The molecule has 1 atom stereocenters. The van der Waals surface area contributed by atoms with Gasteiger partial charge in [0, 0.05) is 20.1 Å². The highest BCUT2D eigenvalue weighted by Crippen LogP contribution is 2.30. The van der Waals surface area contributed by atoms with Crippen molar-refractivity contribution in [1.82, 2.24) is 9.21 Å². The number of hydrogen-bond donors (Lipinski definition) is 0. The maximum absolute atomic E-state index is 13.0. The van der Waals surface area contributed by atoms with E-state index in [2.05, 4.69) is 59.5 Å². The number of piperidine rings is 1. The summed E-state index contributed by atoms with van der Waals surface area (Å²) in [6.45, 7) is 3.63. The summed E-state index contributed by atoms with van der Waals surface area (Å²) in [5.41, 5.74) is 2.73. The third-order valence-corrected chi connectivity index (χ3v) is 8.72. The molecule has 0 N–H and O–H groups in total. The predicted octanol–water partition coefficient (Wildman–Crippen LogP) is 5.78. The first kappa shape index (κ1) is 26.4. The van der Waals surface area contributed by atoms with Crippen LogP contribution in [0.4, 0.5) is 0 Å². The van der Waals surface area contributed by atoms with E-state index in [-0.39, 0.29) is 12.4 Å². The summed E-state index contributed by atoms with van der Waals surface area (Å²) in [4.78, 5) is 2.91. The van der Waals surface area contributed by atoms with Crippen molar-refractivity contribution < 1.29 is 8.42 Å². The Morgan fingerprint density at radius 2 is 1.38 bits per heavy atom. The maximum atomic E-state index is 13.0. The van der Waals surface area contributed by atoms with Crippen molar-refractivity contribution in [1.29, 1.82) is 0 Å². The van der Waals surface area contributed by atoms with Crippen LogP contribution in [-0.2, 0) is 10.0 Å². The molecular weight excluding hydrogens is 464 g/mol. The van der Waals surface area contributed by atoms with Crippen molar-refractivity contribution in [3.8, 4) is 0 Å². The lowest BCUT2D eigenvalue weighted by Gasteiger charge is -2.35. The molecule has 1 aliphatic rings. The van der Waals surface area contributed by atoms with Crippen LogP contribution in [0.15, 0.2) is 95.9 Å². The monoisotopic (exact) mass is 498 g/mol. The van der Waals surface area contributed by atoms with Gasteiger partial charge in [0.25, 0.3) is 0 Å². The predicted molar refractivity (Wildman–Crippen MR) is 142 cm³/mol. The Morgan fingerprint density at radius 3 is 1.97 bits per heavy atom. The van der Waals surface area contributed by atoms with Crippen LogP contribution in [0.5, 0.6) is 0 Å². The third kappa shape index (κ3) is 6.70. The molecule has 6 heteroatoms. The molecule has 1 aliphatic heterocycles. The summed E-state index contributed by atoms with van der Waals surface area (Å²) < 4.78 is 27.4. The summed E-state index contributed by atoms with van der Waals surface area (Å²) >= 11 is 0. The summed E-state index contributed by atoms with van der Waals surface area (Å²) in [7, 11) is -1.78. The Morgan fingerprint density at radius 1 is 0.853 bits per heavy atom. The molecule has 4 nitrogen and oxygen atoms in total. The Kier molecular flexibility index (Phi) is 9.72. The van der Waals surface area contributed by atoms with Gasteiger partial charge in [-0.05, 0) is 67.4 Å². The molecular formula is C28H35ClN2O2S. The Balaban J connectivity index is 0.00000324. The van der Waals surface area contributed by atoms with Crippen molar-refractivity contribution in [3.05, 3.63) is 102 Å². The van der Waals surface area contributed by atoms with E-state index in [1.165, 1.54) is 28.3 Å². The number of benzene rings is 3. The molecule has 4 rings (SSSR count). The van der Waals surface area contributed by atoms with E-state index in [4.69, 9.17) is 0 Å². The van der Waals surface area contributed by atoms with Crippen LogP contribution in [0.25, 0.3) is 0 Å². The minimum absolute atomic E-state index is 0. The average Bonchev–Trinajstić information content (AvgIpc) is 2.88. The molecule has 0 aromatic heterocycles. The SMILES string of the molecule is CN(CCC(CN1CCC(c2ccccc2)CC1)c1ccccc1)S(=O)(=O)c1ccccc1.Cl. The van der Waals surface area contributed by atoms with Gasteiger partial charge in [-0.3, -0.25) is 0 Å². The average molecular weight is 499 g/mol. The molecule has 1 unspecified atom stereocenters. The molecule has 1 heterocycles. The fourth-order valence-electron chi connectivity index (χ4n) is 4.80. The summed E-state index contributed by atoms with van der Waals surface area (Å²) in [5, 5.41) is 0. The number of rotatable bonds is 9. The topological polar surface area (TPSA) is 40.6 Å². The molecule has 0 amide bonds. The van der Waals surface area contributed by atoms with E-state index in [1.54, 1.807) is 31.3 Å². The van der Waals surface area contributed by atoms with E-state index in [1.807, 2.05) is 12.1 Å². The molecule has 0 aliphatic carbocycles. The Hall–Kier alpha value is -2.18. The van der Waals surface area contributed by atoms with Crippen LogP contribution >= 0.6 is 12.4 Å². The number of nitrogens with zero attached hydrogens (tertiary/aromatic N) is 2. The lowest BCUT2D eigenvalue weighted by atomic mass is 9.88. The van der Waals surface area contributed by atoms with Gasteiger partial charge in [-0.2, -0.15) is 0 Å². The zero-order valence-electron chi connectivity index (χ0n) is 19.8. The maximum Gasteiger partial charge on any atom is 0.242 e. The molecule has 3 aromatic rings. The highest BCUT2D eigenvalue weighted by atomic mass is 35.5. The highest BCUT2D eigenvalue weighted by Gasteiger charge is 2.25. The minimum Gasteiger partial charge on any atom is -0.303 e. The Labute approximate surface area is 211 Å². The lowest BCUT2D eigenvalue weighted by Crippen LogP contribution is -2.37. The van der Waals surface area contributed by atoms with Gasteiger partial charge in [-0.25, -0.2) is 12.7 Å². The molecule has 3 aromatic carbocycles. The molecule has 1 fully saturated rings. The zero-order chi connectivity index (χ0) is 23.1. The van der Waals surface area contributed by atoms with Crippen LogP contribution in [0.1, 0.15) is 42.2 Å². The molecule has 0 saturated carbocycles. The zero-order valence-corrected chi connectivity index (χ0v) is 21.4. The van der Waals surface area contributed by atoms with Crippen LogP contribution in [0.2, 0.25) is 0 Å². The van der Waals surface area contributed by atoms with Gasteiger partial charge >= 0.3 is 0 Å². The van der Waals surface area contributed by atoms with Crippen LogP contribution in [0.3, 0.4) is 0 Å². The molecule has 0 bridgehead atoms.